The van der Waals surface area contributed by atoms with E-state index in [0.717, 1.165) is 12.1 Å². The molecule has 5 nitrogen and oxygen atoms in total. The van der Waals surface area contributed by atoms with Gasteiger partial charge < -0.3 is 31.3 Å². The van der Waals surface area contributed by atoms with Crippen LogP contribution in [0, 0.1) is 30.7 Å². The van der Waals surface area contributed by atoms with E-state index >= 15 is 0 Å². The fourth-order valence-electron chi connectivity index (χ4n) is 3.97. The van der Waals surface area contributed by atoms with Gasteiger partial charge in [-0.1, -0.05) is 56.0 Å². The van der Waals surface area contributed by atoms with Crippen molar-refractivity contribution < 1.29 is 41.5 Å². The van der Waals surface area contributed by atoms with Crippen LogP contribution in [-0.4, -0.2) is 34.0 Å². The highest BCUT2D eigenvalue weighted by Gasteiger charge is 2.17. The maximum atomic E-state index is 14.7. The third-order valence-electron chi connectivity index (χ3n) is 6.06. The molecule has 0 spiro atoms. The number of benzene rings is 5. The van der Waals surface area contributed by atoms with Crippen molar-refractivity contribution in [3.05, 3.63) is 137 Å². The Morgan fingerprint density at radius 1 is 0.511 bits per heavy atom. The van der Waals surface area contributed by atoms with Gasteiger partial charge in [-0.05, 0) is 80.4 Å². The van der Waals surface area contributed by atoms with Gasteiger partial charge in [-0.3, -0.25) is 0 Å². The average Bonchev–Trinajstić information content (AvgIpc) is 3.05. The Hall–Kier alpha value is -4.00. The van der Waals surface area contributed by atoms with E-state index in [0.29, 0.717) is 41.8 Å². The monoisotopic (exact) mass is 778 g/mol. The second kappa shape index (κ2) is 20.3. The number of rotatable bonds is 7. The van der Waals surface area contributed by atoms with Crippen molar-refractivity contribution >= 4 is 39.5 Å². The van der Waals surface area contributed by atoms with Crippen LogP contribution in [0.4, 0.5) is 17.6 Å². The van der Waals surface area contributed by atoms with E-state index in [1.807, 2.05) is 6.07 Å². The van der Waals surface area contributed by atoms with Gasteiger partial charge in [-0.2, -0.15) is 0 Å². The molecule has 0 unspecified atom stereocenters. The minimum atomic E-state index is -0.526. The third-order valence-corrected chi connectivity index (χ3v) is 7.28. The van der Waals surface area contributed by atoms with Crippen LogP contribution < -0.4 is 18.9 Å². The lowest BCUT2D eigenvalue weighted by Crippen LogP contribution is -2.01. The fraction of sp³-hybridized carbons (Fsp3) is 0.114. The lowest BCUT2D eigenvalue weighted by Gasteiger charge is -2.13. The Bertz CT molecular complexity index is 1600. The van der Waals surface area contributed by atoms with E-state index in [4.69, 9.17) is 23.9 Å². The Kier molecular flexibility index (Phi) is 17.7. The lowest BCUT2D eigenvalue weighted by molar-refractivity contribution is 0.381. The second-order valence-electron chi connectivity index (χ2n) is 8.77. The lowest BCUT2D eigenvalue weighted by atomic mass is 9.98. The highest BCUT2D eigenvalue weighted by Crippen LogP contribution is 2.37. The second-order valence-corrected chi connectivity index (χ2v) is 10.5. The Labute approximate surface area is 290 Å². The molecule has 1 N–H and O–H groups in total. The quantitative estimate of drug-likeness (QED) is 0.0772. The van der Waals surface area contributed by atoms with Crippen molar-refractivity contribution in [1.29, 1.82) is 0 Å². The molecular formula is C35H33BBr2F4O5-. The van der Waals surface area contributed by atoms with Gasteiger partial charge in [0.15, 0.2) is 5.75 Å². The number of hydrogen-bond donors (Lipinski definition) is 1. The van der Waals surface area contributed by atoms with E-state index in [1.54, 1.807) is 73.8 Å². The summed E-state index contributed by atoms with van der Waals surface area (Å²) in [7, 11) is 5.16. The highest BCUT2D eigenvalue weighted by molar-refractivity contribution is 9.11. The Balaban J connectivity index is 0.000000401. The van der Waals surface area contributed by atoms with Gasteiger partial charge in [0, 0.05) is 22.3 Å². The molecule has 0 aliphatic carbocycles. The van der Waals surface area contributed by atoms with Crippen LogP contribution in [-0.2, 0) is 0 Å². The van der Waals surface area contributed by atoms with Crippen LogP contribution in [0.5, 0.6) is 23.0 Å². The summed E-state index contributed by atoms with van der Waals surface area (Å²) in [6.45, 7) is 0. The van der Waals surface area contributed by atoms with Gasteiger partial charge in [0.05, 0.1) is 30.3 Å². The van der Waals surface area contributed by atoms with Crippen LogP contribution in [0.25, 0.3) is 22.3 Å². The summed E-state index contributed by atoms with van der Waals surface area (Å²) < 4.78 is 74.8. The summed E-state index contributed by atoms with van der Waals surface area (Å²) in [5.74, 6) is 0.0575. The van der Waals surface area contributed by atoms with Crippen LogP contribution in [0.2, 0.25) is 0 Å². The normalized spacial score (nSPS) is 9.57. The zero-order valence-corrected chi connectivity index (χ0v) is 28.3. The van der Waals surface area contributed by atoms with Gasteiger partial charge in [0.1, 0.15) is 40.5 Å². The molecule has 0 aliphatic rings. The number of para-hydroxylation sites is 4. The Morgan fingerprint density at radius 3 is 1.21 bits per heavy atom. The molecule has 0 saturated carbocycles. The predicted molar refractivity (Wildman–Crippen MR) is 187 cm³/mol. The number of hydrogen-bond acceptors (Lipinski definition) is 5. The first-order valence-corrected chi connectivity index (χ1v) is 14.5. The molecule has 0 amide bonds. The van der Waals surface area contributed by atoms with Gasteiger partial charge >= 0.3 is 7.69 Å². The van der Waals surface area contributed by atoms with E-state index in [2.05, 4.69) is 31.9 Å². The first kappa shape index (κ1) is 41.0. The van der Waals surface area contributed by atoms with Crippen molar-refractivity contribution in [1.82, 2.24) is 0 Å². The zero-order valence-electron chi connectivity index (χ0n) is 25.2. The maximum absolute atomic E-state index is 14.7. The molecule has 0 atom stereocenters. The summed E-state index contributed by atoms with van der Waals surface area (Å²) in [5, 5.41) is 8.34. The van der Waals surface area contributed by atoms with Gasteiger partial charge in [-0.25, -0.2) is 17.6 Å². The molecule has 0 bridgehead atoms. The minimum Gasteiger partial charge on any atom is -0.535 e. The van der Waals surface area contributed by atoms with E-state index in [-0.39, 0.29) is 34.9 Å². The summed E-state index contributed by atoms with van der Waals surface area (Å²) >= 11 is 5.69. The molecule has 0 heterocycles. The summed E-state index contributed by atoms with van der Waals surface area (Å²) in [5.41, 5.74) is 1.32. The average molecular weight is 780 g/mol. The van der Waals surface area contributed by atoms with Crippen molar-refractivity contribution in [2.24, 2.45) is 0 Å². The first-order valence-electron chi connectivity index (χ1n) is 13.0. The number of ether oxygens (including phenoxy) is 3. The largest absolute Gasteiger partial charge is 0.569 e. The third kappa shape index (κ3) is 11.0. The van der Waals surface area contributed by atoms with Gasteiger partial charge in [0.2, 0.25) is 0 Å². The summed E-state index contributed by atoms with van der Waals surface area (Å²) in [6, 6.07) is 25.4. The zero-order chi connectivity index (χ0) is 32.9. The SMILES string of the molecule is C.COc1ccccc1-c1cc(F)c(-c2ccccc2OC)cc1F.COc1ccccc1O[B]O.Fc1cc(Br)c(F)cc1Br.[CH3-]. The number of halogens is 6. The topological polar surface area (TPSA) is 57.2 Å². The van der Waals surface area contributed by atoms with Crippen molar-refractivity contribution in [2.75, 3.05) is 21.3 Å². The smallest absolute Gasteiger partial charge is 0.535 e. The molecule has 5 aromatic rings. The number of methoxy groups -OCH3 is 3. The van der Waals surface area contributed by atoms with Crippen LogP contribution in [0.3, 0.4) is 0 Å². The molecule has 0 saturated heterocycles. The summed E-state index contributed by atoms with van der Waals surface area (Å²) in [4.78, 5) is 0. The van der Waals surface area contributed by atoms with Crippen molar-refractivity contribution in [2.45, 2.75) is 7.43 Å². The van der Waals surface area contributed by atoms with E-state index < -0.39 is 23.3 Å². The molecule has 47 heavy (non-hydrogen) atoms. The van der Waals surface area contributed by atoms with Crippen LogP contribution in [0.15, 0.2) is 106 Å². The standard InChI is InChI=1S/C20H16F2O2.C7H8BO3.C6H2Br2F2.CH4.CH3/c1-23-19-9-5-3-7-13(19)15-11-18(22)16(12-17(15)21)14-8-4-6-10-20(14)24-2;1-10-6-4-2-3-5-7(6)11-8-9;7-3-1-5(9)4(8)2-6(3)10;;/h3-12H,1-2H3;2-5,9H,1H3;1-2H;1H4;1H3/q;;;;-1. The molecule has 0 fully saturated rings. The molecule has 12 heteroatoms. The molecule has 0 aliphatic heterocycles. The van der Waals surface area contributed by atoms with E-state index in [9.17, 15) is 17.6 Å². The molecule has 0 aromatic heterocycles. The molecule has 5 rings (SSSR count). The maximum Gasteiger partial charge on any atom is 0.569 e. The molecule has 249 valence electrons. The van der Waals surface area contributed by atoms with Gasteiger partial charge in [0.25, 0.3) is 0 Å². The molecular weight excluding hydrogens is 747 g/mol. The highest BCUT2D eigenvalue weighted by atomic mass is 79.9. The first-order chi connectivity index (χ1) is 21.6. The predicted octanol–water partition coefficient (Wildman–Crippen LogP) is 10.5. The van der Waals surface area contributed by atoms with E-state index in [1.165, 1.54) is 26.4 Å². The van der Waals surface area contributed by atoms with Crippen LogP contribution in [0.1, 0.15) is 7.43 Å². The molecule has 1 radical (unpaired) electrons. The Morgan fingerprint density at radius 2 is 0.851 bits per heavy atom. The van der Waals surface area contributed by atoms with Crippen molar-refractivity contribution in [3.63, 3.8) is 0 Å². The molecule has 5 aromatic carbocycles. The van der Waals surface area contributed by atoms with Gasteiger partial charge in [-0.15, -0.1) is 0 Å². The van der Waals surface area contributed by atoms with Crippen LogP contribution >= 0.6 is 31.9 Å². The summed E-state index contributed by atoms with van der Waals surface area (Å²) in [6.07, 6.45) is 0. The minimum absolute atomic E-state index is 0. The van der Waals surface area contributed by atoms with Crippen molar-refractivity contribution in [3.8, 4) is 45.3 Å². The fourth-order valence-corrected chi connectivity index (χ4v) is 4.60.